The maximum atomic E-state index is 13.7. The van der Waals surface area contributed by atoms with E-state index in [0.29, 0.717) is 28.5 Å². The number of β-lactam (4-membered cyclic amide) rings is 1. The molecule has 256 valence electrons. The number of carboxylic acid groups (broad SMARTS) is 1. The number of halogens is 1. The number of allylic oxidation sites excluding steroid dienone is 1. The number of aliphatic carboxylic acids is 1. The third kappa shape index (κ3) is 8.04. The molecule has 1 saturated heterocycles. The largest absolute Gasteiger partial charge is 0.497 e. The Morgan fingerprint density at radius 3 is 2.45 bits per heavy atom. The molecular formula is C32H31ClN6O8S2. The third-order valence-corrected chi connectivity index (χ3v) is 9.52. The van der Waals surface area contributed by atoms with E-state index in [-0.39, 0.29) is 23.3 Å². The van der Waals surface area contributed by atoms with Gasteiger partial charge in [-0.15, -0.1) is 23.4 Å². The summed E-state index contributed by atoms with van der Waals surface area (Å²) in [5, 5.41) is 15.1. The molecule has 0 aliphatic carbocycles. The number of thioether (sulfide) groups is 1. The predicted octanol–water partition coefficient (Wildman–Crippen LogP) is 3.56. The molecule has 3 aromatic rings. The number of methoxy groups -OCH3 is 1. The normalized spacial score (nSPS) is 17.8. The van der Waals surface area contributed by atoms with Crippen LogP contribution in [0.15, 0.2) is 71.0 Å². The number of benzene rings is 2. The summed E-state index contributed by atoms with van der Waals surface area (Å²) < 4.78 is 14.8. The number of nitrogens with two attached hydrogens (primary N) is 1. The number of aromatic nitrogens is 2. The number of esters is 1. The van der Waals surface area contributed by atoms with Gasteiger partial charge in [0.25, 0.3) is 11.8 Å². The number of alkyl halides is 1. The number of anilines is 1. The Balaban J connectivity index is 1.39. The van der Waals surface area contributed by atoms with Crippen molar-refractivity contribution in [1.82, 2.24) is 19.6 Å². The number of rotatable bonds is 13. The molecule has 4 N–H and O–H groups in total. The van der Waals surface area contributed by atoms with Gasteiger partial charge in [0.1, 0.15) is 29.5 Å². The molecule has 0 bridgehead atoms. The van der Waals surface area contributed by atoms with Gasteiger partial charge in [-0.1, -0.05) is 53.7 Å². The second kappa shape index (κ2) is 15.1. The van der Waals surface area contributed by atoms with E-state index in [1.807, 2.05) is 30.3 Å². The van der Waals surface area contributed by atoms with Crippen LogP contribution in [0.25, 0.3) is 6.08 Å². The van der Waals surface area contributed by atoms with Crippen molar-refractivity contribution >= 4 is 75.6 Å². The van der Waals surface area contributed by atoms with E-state index in [9.17, 15) is 24.3 Å². The van der Waals surface area contributed by atoms with Gasteiger partial charge in [-0.2, -0.15) is 9.36 Å². The molecule has 17 heteroatoms. The van der Waals surface area contributed by atoms with Gasteiger partial charge in [0.05, 0.1) is 7.11 Å². The number of hydrogen-bond donors (Lipinski definition) is 3. The van der Waals surface area contributed by atoms with Crippen LogP contribution in [0.5, 0.6) is 5.75 Å². The van der Waals surface area contributed by atoms with Crippen molar-refractivity contribution in [2.75, 3.05) is 18.6 Å². The minimum absolute atomic E-state index is 0.0280. The highest BCUT2D eigenvalue weighted by atomic mass is 35.5. The van der Waals surface area contributed by atoms with Crippen LogP contribution in [0.3, 0.4) is 0 Å². The van der Waals surface area contributed by atoms with E-state index in [1.54, 1.807) is 37.5 Å². The Kier molecular flexibility index (Phi) is 10.9. The lowest BCUT2D eigenvalue weighted by Gasteiger charge is -2.49. The van der Waals surface area contributed by atoms with Gasteiger partial charge in [0.2, 0.25) is 17.1 Å². The van der Waals surface area contributed by atoms with Crippen LogP contribution in [-0.2, 0) is 41.2 Å². The fraction of sp³-hybridized carbons (Fsp3) is 0.281. The Morgan fingerprint density at radius 2 is 1.84 bits per heavy atom. The van der Waals surface area contributed by atoms with Crippen LogP contribution >= 0.6 is 34.9 Å². The molecule has 14 nitrogen and oxygen atoms in total. The van der Waals surface area contributed by atoms with Crippen molar-refractivity contribution in [3.8, 4) is 5.75 Å². The summed E-state index contributed by atoms with van der Waals surface area (Å²) in [6.45, 7) is 2.43. The van der Waals surface area contributed by atoms with Crippen LogP contribution in [0.1, 0.15) is 36.4 Å². The highest BCUT2D eigenvalue weighted by Gasteiger charge is 2.54. The number of ether oxygens (including phenoxy) is 2. The highest BCUT2D eigenvalue weighted by molar-refractivity contribution is 8.00. The van der Waals surface area contributed by atoms with Crippen LogP contribution in [0, 0.1) is 0 Å². The minimum atomic E-state index is -1.79. The Morgan fingerprint density at radius 1 is 1.14 bits per heavy atom. The predicted molar refractivity (Wildman–Crippen MR) is 184 cm³/mol. The zero-order valence-corrected chi connectivity index (χ0v) is 28.8. The Labute approximate surface area is 294 Å². The molecule has 2 aromatic carbocycles. The zero-order valence-electron chi connectivity index (χ0n) is 26.4. The number of nitrogens with zero attached hydrogens (tertiary/aromatic N) is 4. The van der Waals surface area contributed by atoms with E-state index in [1.165, 1.54) is 30.5 Å². The number of nitrogens with one attached hydrogen (secondary N) is 1. The quantitative estimate of drug-likeness (QED) is 0.0763. The van der Waals surface area contributed by atoms with Gasteiger partial charge in [0.15, 0.2) is 5.13 Å². The second-order valence-electron chi connectivity index (χ2n) is 11.2. The fourth-order valence-corrected chi connectivity index (χ4v) is 6.47. The molecule has 0 spiro atoms. The van der Waals surface area contributed by atoms with Crippen molar-refractivity contribution in [2.45, 2.75) is 43.4 Å². The summed E-state index contributed by atoms with van der Waals surface area (Å²) in [6.07, 6.45) is 3.58. The SMILES string of the molecule is COc1ccc(COC(=O)C2=C(/C=C\c3ccc(CCl)cc3)CS[C@@H]3[C@H](NC(=O)/C(=N\OC(C)(C)C(=O)O)c4nsc(N)n4)C(=O)N23)cc1. The van der Waals surface area contributed by atoms with E-state index in [0.717, 1.165) is 22.7 Å². The molecule has 0 unspecified atom stereocenters. The van der Waals surface area contributed by atoms with Gasteiger partial charge in [-0.3, -0.25) is 14.5 Å². The second-order valence-corrected chi connectivity index (χ2v) is 13.3. The number of fused-ring (bicyclic) bond motifs is 1. The number of amides is 2. The zero-order chi connectivity index (χ0) is 35.3. The molecule has 2 aliphatic heterocycles. The summed E-state index contributed by atoms with van der Waals surface area (Å²) >= 11 is 8.04. The summed E-state index contributed by atoms with van der Waals surface area (Å²) in [6, 6.07) is 13.5. The van der Waals surface area contributed by atoms with Crippen LogP contribution < -0.4 is 15.8 Å². The molecular weight excluding hydrogens is 696 g/mol. The maximum absolute atomic E-state index is 13.7. The molecule has 2 aliphatic rings. The van der Waals surface area contributed by atoms with Crippen molar-refractivity contribution < 1.29 is 38.6 Å². The monoisotopic (exact) mass is 726 g/mol. The number of hydrogen-bond acceptors (Lipinski definition) is 13. The molecule has 3 heterocycles. The number of carboxylic acids is 1. The highest BCUT2D eigenvalue weighted by Crippen LogP contribution is 2.41. The average molecular weight is 727 g/mol. The van der Waals surface area contributed by atoms with Crippen molar-refractivity contribution in [3.05, 3.63) is 88.4 Å². The maximum Gasteiger partial charge on any atom is 0.355 e. The number of oxime groups is 1. The molecule has 49 heavy (non-hydrogen) atoms. The fourth-order valence-electron chi connectivity index (χ4n) is 4.54. The van der Waals surface area contributed by atoms with Gasteiger partial charge in [0, 0.05) is 23.2 Å². The molecule has 5 rings (SSSR count). The molecule has 0 saturated carbocycles. The number of nitrogen functional groups attached to an aromatic ring is 1. The topological polar surface area (TPSA) is 196 Å². The lowest BCUT2D eigenvalue weighted by atomic mass is 10.0. The van der Waals surface area contributed by atoms with E-state index in [2.05, 4.69) is 19.8 Å². The lowest BCUT2D eigenvalue weighted by molar-refractivity contribution is -0.161. The molecule has 2 amide bonds. The van der Waals surface area contributed by atoms with E-state index < -0.39 is 46.5 Å². The Bertz CT molecular complexity index is 1840. The summed E-state index contributed by atoms with van der Waals surface area (Å²) in [5.74, 6) is -2.41. The van der Waals surface area contributed by atoms with Gasteiger partial charge in [-0.05, 0) is 48.2 Å². The molecule has 0 radical (unpaired) electrons. The first kappa shape index (κ1) is 35.4. The third-order valence-electron chi connectivity index (χ3n) is 7.37. The first-order valence-corrected chi connectivity index (χ1v) is 17.0. The molecule has 2 atom stereocenters. The van der Waals surface area contributed by atoms with Gasteiger partial charge < -0.3 is 30.5 Å². The minimum Gasteiger partial charge on any atom is -0.497 e. The van der Waals surface area contributed by atoms with Crippen LogP contribution in [-0.4, -0.2) is 78.7 Å². The summed E-state index contributed by atoms with van der Waals surface area (Å²) in [5.41, 5.74) is 6.55. The van der Waals surface area contributed by atoms with Crippen molar-refractivity contribution in [2.24, 2.45) is 5.16 Å². The Hall–Kier alpha value is -4.93. The molecule has 1 aromatic heterocycles. The van der Waals surface area contributed by atoms with Crippen LogP contribution in [0.4, 0.5) is 5.13 Å². The van der Waals surface area contributed by atoms with E-state index in [4.69, 9.17) is 31.6 Å². The van der Waals surface area contributed by atoms with Crippen molar-refractivity contribution in [3.63, 3.8) is 0 Å². The number of carbonyl (C=O) groups is 4. The van der Waals surface area contributed by atoms with Crippen LogP contribution in [0.2, 0.25) is 0 Å². The van der Waals surface area contributed by atoms with Gasteiger partial charge in [-0.25, -0.2) is 9.59 Å². The first-order valence-electron chi connectivity index (χ1n) is 14.6. The van der Waals surface area contributed by atoms with Crippen molar-refractivity contribution in [1.29, 1.82) is 0 Å². The van der Waals surface area contributed by atoms with Gasteiger partial charge >= 0.3 is 11.9 Å². The number of carbonyl (C=O) groups excluding carboxylic acids is 3. The molecule has 1 fully saturated rings. The summed E-state index contributed by atoms with van der Waals surface area (Å²) in [4.78, 5) is 62.7. The van der Waals surface area contributed by atoms with E-state index >= 15 is 0 Å². The smallest absolute Gasteiger partial charge is 0.355 e. The average Bonchev–Trinajstić information content (AvgIpc) is 3.53. The lowest BCUT2D eigenvalue weighted by Crippen LogP contribution is -2.71. The summed E-state index contributed by atoms with van der Waals surface area (Å²) in [7, 11) is 1.55. The first-order chi connectivity index (χ1) is 23.4. The standard InChI is InChI=1S/C32H31ClN6O8S2/c1-32(2,30(43)44)47-37-22(25-36-31(34)49-38-25)26(40)35-23-27(41)39-24(29(42)46-15-19-9-12-21(45-3)13-10-19)20(16-48-28(23)39)11-8-17-4-6-18(14-33)7-5-17/h4-13,23,28H,14-16H2,1-3H3,(H,35,40)(H,43,44)(H2,34,36,38)/b11-8-,37-22-/t23-,28-/m1/s1.